The molecule has 1 atom stereocenters. The van der Waals surface area contributed by atoms with E-state index in [1.165, 1.54) is 10.5 Å². The molecule has 1 aromatic carbocycles. The van der Waals surface area contributed by atoms with Gasteiger partial charge in [-0.2, -0.15) is 0 Å². The number of rotatable bonds is 6. The van der Waals surface area contributed by atoms with E-state index in [0.717, 1.165) is 11.3 Å². The molecule has 6 nitrogen and oxygen atoms in total. The zero-order valence-electron chi connectivity index (χ0n) is 17.6. The first-order valence-electron chi connectivity index (χ1n) is 9.32. The summed E-state index contributed by atoms with van der Waals surface area (Å²) >= 11 is 0. The van der Waals surface area contributed by atoms with Crippen molar-refractivity contribution in [1.29, 1.82) is 0 Å². The molecule has 0 bridgehead atoms. The minimum absolute atomic E-state index is 0.0423. The summed E-state index contributed by atoms with van der Waals surface area (Å²) in [6, 6.07) is 11.3. The van der Waals surface area contributed by atoms with E-state index in [1.807, 2.05) is 30.1 Å². The zero-order valence-corrected chi connectivity index (χ0v) is 17.6. The predicted molar refractivity (Wildman–Crippen MR) is 112 cm³/mol. The van der Waals surface area contributed by atoms with Crippen molar-refractivity contribution < 1.29 is 9.59 Å². The summed E-state index contributed by atoms with van der Waals surface area (Å²) < 4.78 is 0. The van der Waals surface area contributed by atoms with Gasteiger partial charge in [0.2, 0.25) is 11.8 Å². The van der Waals surface area contributed by atoms with Crippen LogP contribution in [0.3, 0.4) is 0 Å². The fourth-order valence-electron chi connectivity index (χ4n) is 2.85. The van der Waals surface area contributed by atoms with Crippen molar-refractivity contribution in [2.24, 2.45) is 0 Å². The first kappa shape index (κ1) is 21.4. The average Bonchev–Trinajstić information content (AvgIpc) is 2.66. The van der Waals surface area contributed by atoms with Crippen LogP contribution in [0.4, 0.5) is 5.69 Å². The summed E-state index contributed by atoms with van der Waals surface area (Å²) in [6.07, 6.45) is 3.35. The summed E-state index contributed by atoms with van der Waals surface area (Å²) in [5.74, 6) is -0.402. The number of hydrogen-bond donors (Lipinski definition) is 1. The Kier molecular flexibility index (Phi) is 6.78. The predicted octanol–water partition coefficient (Wildman–Crippen LogP) is 2.76. The number of hydrogen-bond acceptors (Lipinski definition) is 4. The number of aromatic nitrogens is 1. The van der Waals surface area contributed by atoms with Gasteiger partial charge in [0, 0.05) is 44.8 Å². The van der Waals surface area contributed by atoms with Crippen molar-refractivity contribution in [3.05, 3.63) is 59.9 Å². The van der Waals surface area contributed by atoms with Gasteiger partial charge < -0.3 is 15.1 Å². The Morgan fingerprint density at radius 3 is 2.21 bits per heavy atom. The van der Waals surface area contributed by atoms with E-state index < -0.39 is 6.04 Å². The van der Waals surface area contributed by atoms with Gasteiger partial charge in [-0.1, -0.05) is 39.0 Å². The molecule has 1 unspecified atom stereocenters. The molecule has 1 N–H and O–H groups in total. The summed E-state index contributed by atoms with van der Waals surface area (Å²) in [7, 11) is 5.20. The third-order valence-corrected chi connectivity index (χ3v) is 4.69. The van der Waals surface area contributed by atoms with E-state index in [0.29, 0.717) is 0 Å². The molecule has 2 amide bonds. The lowest BCUT2D eigenvalue weighted by Crippen LogP contribution is -2.43. The van der Waals surface area contributed by atoms with Crippen LogP contribution in [-0.2, 0) is 15.0 Å². The van der Waals surface area contributed by atoms with Crippen LogP contribution >= 0.6 is 0 Å². The second kappa shape index (κ2) is 8.87. The average molecular weight is 383 g/mol. The van der Waals surface area contributed by atoms with Gasteiger partial charge in [-0.05, 0) is 29.2 Å². The van der Waals surface area contributed by atoms with Crippen LogP contribution in [0.1, 0.15) is 37.9 Å². The first-order valence-corrected chi connectivity index (χ1v) is 9.32. The molecule has 1 heterocycles. The molecule has 0 aliphatic carbocycles. The molecule has 2 rings (SSSR count). The number of carbonyl (C=O) groups is 2. The highest BCUT2D eigenvalue weighted by Crippen LogP contribution is 2.29. The third-order valence-electron chi connectivity index (χ3n) is 4.69. The molecule has 0 spiro atoms. The molecule has 0 radical (unpaired) electrons. The minimum Gasteiger partial charge on any atom is -0.359 e. The van der Waals surface area contributed by atoms with E-state index in [9.17, 15) is 9.59 Å². The van der Waals surface area contributed by atoms with Gasteiger partial charge in [0.1, 0.15) is 6.04 Å². The molecule has 2 aromatic rings. The van der Waals surface area contributed by atoms with Crippen molar-refractivity contribution >= 4 is 17.5 Å². The highest BCUT2D eigenvalue weighted by molar-refractivity contribution is 5.90. The normalized spacial score (nSPS) is 12.2. The van der Waals surface area contributed by atoms with Gasteiger partial charge >= 0.3 is 0 Å². The monoisotopic (exact) mass is 382 g/mol. The maximum atomic E-state index is 13.0. The van der Waals surface area contributed by atoms with E-state index >= 15 is 0 Å². The van der Waals surface area contributed by atoms with Crippen LogP contribution in [-0.4, -0.2) is 49.4 Å². The number of benzene rings is 1. The molecule has 28 heavy (non-hydrogen) atoms. The fraction of sp³-hybridized carbons (Fsp3) is 0.409. The Morgan fingerprint density at radius 2 is 1.71 bits per heavy atom. The summed E-state index contributed by atoms with van der Waals surface area (Å²) in [6.45, 7) is 6.46. The molecular weight excluding hydrogens is 352 g/mol. The van der Waals surface area contributed by atoms with E-state index in [1.54, 1.807) is 32.6 Å². The number of likely N-dealkylation sites (N-methyl/N-ethyl adjacent to an activating group) is 2. The number of anilines is 1. The van der Waals surface area contributed by atoms with Gasteiger partial charge in [0.25, 0.3) is 0 Å². The molecule has 1 aromatic heterocycles. The zero-order chi connectivity index (χ0) is 20.9. The van der Waals surface area contributed by atoms with E-state index in [-0.39, 0.29) is 23.8 Å². The molecule has 0 saturated carbocycles. The fourth-order valence-corrected chi connectivity index (χ4v) is 2.85. The topological polar surface area (TPSA) is 65.5 Å². The first-order chi connectivity index (χ1) is 13.1. The SMILES string of the molecule is CN(C)C(=O)CNC(=O)C(c1cccnc1)N(C)c1ccc(C(C)(C)C)cc1. The maximum Gasteiger partial charge on any atom is 0.247 e. The largest absolute Gasteiger partial charge is 0.359 e. The summed E-state index contributed by atoms with van der Waals surface area (Å²) in [5, 5.41) is 2.75. The quantitative estimate of drug-likeness (QED) is 0.834. The Balaban J connectivity index is 2.28. The number of nitrogens with one attached hydrogen (secondary N) is 1. The Hall–Kier alpha value is -2.89. The van der Waals surface area contributed by atoms with Crippen molar-refractivity contribution in [1.82, 2.24) is 15.2 Å². The summed E-state index contributed by atoms with van der Waals surface area (Å²) in [5.41, 5.74) is 2.96. The van der Waals surface area contributed by atoms with Crippen LogP contribution in [0, 0.1) is 0 Å². The van der Waals surface area contributed by atoms with Gasteiger partial charge in [-0.15, -0.1) is 0 Å². The van der Waals surface area contributed by atoms with E-state index in [2.05, 4.69) is 43.2 Å². The smallest absolute Gasteiger partial charge is 0.247 e. The lowest BCUT2D eigenvalue weighted by atomic mass is 9.87. The molecule has 150 valence electrons. The summed E-state index contributed by atoms with van der Waals surface area (Å²) in [4.78, 5) is 32.3. The van der Waals surface area contributed by atoms with E-state index in [4.69, 9.17) is 0 Å². The third kappa shape index (κ3) is 5.31. The van der Waals surface area contributed by atoms with Gasteiger partial charge in [-0.3, -0.25) is 14.6 Å². The number of nitrogens with zero attached hydrogens (tertiary/aromatic N) is 3. The van der Waals surface area contributed by atoms with Gasteiger partial charge in [-0.25, -0.2) is 0 Å². The highest BCUT2D eigenvalue weighted by atomic mass is 16.2. The molecule has 6 heteroatoms. The lowest BCUT2D eigenvalue weighted by Gasteiger charge is -2.30. The molecule has 0 aliphatic heterocycles. The standard InChI is InChI=1S/C22H30N4O2/c1-22(2,3)17-9-11-18(12-10-17)26(6)20(16-8-7-13-23-14-16)21(28)24-15-19(27)25(4)5/h7-14,20H,15H2,1-6H3,(H,24,28). The van der Waals surface area contributed by atoms with Crippen molar-refractivity contribution in [3.8, 4) is 0 Å². The lowest BCUT2D eigenvalue weighted by molar-refractivity contribution is -0.131. The van der Waals surface area contributed by atoms with Crippen LogP contribution in [0.15, 0.2) is 48.8 Å². The number of carbonyl (C=O) groups excluding carboxylic acids is 2. The van der Waals surface area contributed by atoms with Crippen LogP contribution in [0.25, 0.3) is 0 Å². The Morgan fingerprint density at radius 1 is 1.07 bits per heavy atom. The molecular formula is C22H30N4O2. The number of pyridine rings is 1. The highest BCUT2D eigenvalue weighted by Gasteiger charge is 2.26. The minimum atomic E-state index is -0.593. The molecule has 0 aliphatic rings. The second-order valence-corrected chi connectivity index (χ2v) is 8.10. The molecule has 0 fully saturated rings. The van der Waals surface area contributed by atoms with Crippen molar-refractivity contribution in [2.75, 3.05) is 32.6 Å². The van der Waals surface area contributed by atoms with Crippen LogP contribution in [0.2, 0.25) is 0 Å². The van der Waals surface area contributed by atoms with Gasteiger partial charge in [0.05, 0.1) is 6.54 Å². The maximum absolute atomic E-state index is 13.0. The second-order valence-electron chi connectivity index (χ2n) is 8.10. The number of amides is 2. The van der Waals surface area contributed by atoms with Gasteiger partial charge in [0.15, 0.2) is 0 Å². The van der Waals surface area contributed by atoms with Crippen LogP contribution in [0.5, 0.6) is 0 Å². The van der Waals surface area contributed by atoms with Crippen molar-refractivity contribution in [2.45, 2.75) is 32.2 Å². The molecule has 0 saturated heterocycles. The van der Waals surface area contributed by atoms with Crippen molar-refractivity contribution in [3.63, 3.8) is 0 Å². The Bertz CT molecular complexity index is 796. The van der Waals surface area contributed by atoms with Crippen LogP contribution < -0.4 is 10.2 Å². The Labute approximate surface area is 167 Å².